The Morgan fingerprint density at radius 2 is 1.79 bits per heavy atom. The van der Waals surface area contributed by atoms with Gasteiger partial charge in [0.1, 0.15) is 17.9 Å². The molecular weight excluding hydrogens is 400 g/mol. The summed E-state index contributed by atoms with van der Waals surface area (Å²) in [5, 5.41) is 0.164. The molecule has 0 atom stereocenters. The summed E-state index contributed by atoms with van der Waals surface area (Å²) in [5.74, 6) is -2.89. The lowest BCUT2D eigenvalue weighted by atomic mass is 10.2. The molecule has 0 N–H and O–H groups in total. The predicted molar refractivity (Wildman–Crippen MR) is 103 cm³/mol. The molecule has 1 saturated heterocycles. The van der Waals surface area contributed by atoms with E-state index in [0.717, 1.165) is 33.9 Å². The summed E-state index contributed by atoms with van der Waals surface area (Å²) in [5.41, 5.74) is 0.747. The van der Waals surface area contributed by atoms with E-state index in [1.807, 2.05) is 6.07 Å². The van der Waals surface area contributed by atoms with Crippen molar-refractivity contribution in [3.63, 3.8) is 0 Å². The highest BCUT2D eigenvalue weighted by atomic mass is 32.1. The van der Waals surface area contributed by atoms with E-state index in [1.165, 1.54) is 4.90 Å². The van der Waals surface area contributed by atoms with Crippen LogP contribution in [0.5, 0.6) is 0 Å². The fourth-order valence-electron chi connectivity index (χ4n) is 3.11. The maximum atomic E-state index is 14.1. The van der Waals surface area contributed by atoms with Gasteiger partial charge in [-0.15, -0.1) is 0 Å². The van der Waals surface area contributed by atoms with Crippen LogP contribution in [0.4, 0.5) is 13.9 Å². The van der Waals surface area contributed by atoms with Gasteiger partial charge in [0.15, 0.2) is 10.9 Å². The topological polar surface area (TPSA) is 70.6 Å². The van der Waals surface area contributed by atoms with Gasteiger partial charge in [0.05, 0.1) is 11.2 Å². The molecule has 0 bridgehead atoms. The van der Waals surface area contributed by atoms with Crippen LogP contribution in [-0.2, 0) is 20.9 Å². The molecule has 2 aromatic carbocycles. The van der Waals surface area contributed by atoms with Crippen molar-refractivity contribution in [3.05, 3.63) is 59.7 Å². The number of nitrogens with zero attached hydrogens (tertiary/aromatic N) is 3. The minimum Gasteiger partial charge on any atom is -0.282 e. The van der Waals surface area contributed by atoms with Crippen LogP contribution >= 0.6 is 11.3 Å². The SMILES string of the molecule is O=C1CCC(=O)N1CC(=O)N(Cc1ccccc1)c1nc2c(F)cc(F)cc2s1. The number of carbonyl (C=O) groups excluding carboxylic acids is 3. The van der Waals surface area contributed by atoms with E-state index < -0.39 is 35.9 Å². The van der Waals surface area contributed by atoms with Crippen molar-refractivity contribution in [1.29, 1.82) is 0 Å². The zero-order valence-electron chi connectivity index (χ0n) is 15.1. The van der Waals surface area contributed by atoms with Gasteiger partial charge in [-0.25, -0.2) is 13.8 Å². The van der Waals surface area contributed by atoms with Crippen molar-refractivity contribution < 1.29 is 23.2 Å². The van der Waals surface area contributed by atoms with Crippen LogP contribution in [0.15, 0.2) is 42.5 Å². The lowest BCUT2D eigenvalue weighted by Crippen LogP contribution is -2.42. The highest BCUT2D eigenvalue weighted by molar-refractivity contribution is 7.22. The number of fused-ring (bicyclic) bond motifs is 1. The van der Waals surface area contributed by atoms with Gasteiger partial charge in [-0.2, -0.15) is 0 Å². The molecule has 3 aromatic rings. The number of benzene rings is 2. The first-order valence-corrected chi connectivity index (χ1v) is 9.67. The third kappa shape index (κ3) is 3.86. The molecule has 1 aromatic heterocycles. The Bertz CT molecular complexity index is 1100. The third-order valence-electron chi connectivity index (χ3n) is 4.57. The molecule has 0 spiro atoms. The van der Waals surface area contributed by atoms with Crippen molar-refractivity contribution in [2.45, 2.75) is 19.4 Å². The molecular formula is C20H15F2N3O3S. The second-order valence-corrected chi connectivity index (χ2v) is 7.58. The second kappa shape index (κ2) is 7.67. The summed E-state index contributed by atoms with van der Waals surface area (Å²) in [6.45, 7) is -0.308. The standard InChI is InChI=1S/C20H15F2N3O3S/c21-13-8-14(22)19-15(9-13)29-20(23-19)25(10-12-4-2-1-3-5-12)18(28)11-24-16(26)6-7-17(24)27/h1-5,8-9H,6-7,10-11H2. The van der Waals surface area contributed by atoms with E-state index in [1.54, 1.807) is 24.3 Å². The molecule has 1 aliphatic heterocycles. The van der Waals surface area contributed by atoms with Crippen molar-refractivity contribution in [3.8, 4) is 0 Å². The maximum Gasteiger partial charge on any atom is 0.249 e. The lowest BCUT2D eigenvalue weighted by Gasteiger charge is -2.22. The third-order valence-corrected chi connectivity index (χ3v) is 5.59. The minimum atomic E-state index is -0.820. The van der Waals surface area contributed by atoms with Gasteiger partial charge in [-0.1, -0.05) is 41.7 Å². The minimum absolute atomic E-state index is 0.0365. The van der Waals surface area contributed by atoms with Crippen molar-refractivity contribution in [2.24, 2.45) is 0 Å². The largest absolute Gasteiger partial charge is 0.282 e. The number of aromatic nitrogens is 1. The van der Waals surface area contributed by atoms with Gasteiger partial charge in [0.2, 0.25) is 17.7 Å². The number of anilines is 1. The Kier molecular flexibility index (Phi) is 5.06. The Morgan fingerprint density at radius 3 is 2.48 bits per heavy atom. The van der Waals surface area contributed by atoms with Crippen molar-refractivity contribution in [2.75, 3.05) is 11.4 Å². The van der Waals surface area contributed by atoms with Gasteiger partial charge in [0.25, 0.3) is 0 Å². The fourth-order valence-corrected chi connectivity index (χ4v) is 4.13. The van der Waals surface area contributed by atoms with Crippen LogP contribution in [0.1, 0.15) is 18.4 Å². The van der Waals surface area contributed by atoms with Crippen LogP contribution in [0.2, 0.25) is 0 Å². The Labute approximate surface area is 168 Å². The van der Waals surface area contributed by atoms with E-state index in [9.17, 15) is 23.2 Å². The highest BCUT2D eigenvalue weighted by Gasteiger charge is 2.33. The second-order valence-electron chi connectivity index (χ2n) is 6.57. The molecule has 6 nitrogen and oxygen atoms in total. The lowest BCUT2D eigenvalue weighted by molar-refractivity contribution is -0.141. The van der Waals surface area contributed by atoms with Crippen LogP contribution in [0, 0.1) is 11.6 Å². The average Bonchev–Trinajstić information content (AvgIpc) is 3.25. The summed E-state index contributed by atoms with van der Waals surface area (Å²) in [7, 11) is 0. The Morgan fingerprint density at radius 1 is 1.10 bits per heavy atom. The van der Waals surface area contributed by atoms with Gasteiger partial charge in [-0.05, 0) is 11.6 Å². The van der Waals surface area contributed by atoms with E-state index in [-0.39, 0.29) is 34.7 Å². The monoisotopic (exact) mass is 415 g/mol. The van der Waals surface area contributed by atoms with Crippen LogP contribution in [-0.4, -0.2) is 34.2 Å². The number of amides is 3. The summed E-state index contributed by atoms with van der Waals surface area (Å²) >= 11 is 0.966. The van der Waals surface area contributed by atoms with Crippen LogP contribution < -0.4 is 4.90 Å². The summed E-state index contributed by atoms with van der Waals surface area (Å²) in [4.78, 5) is 43.2. The molecule has 1 fully saturated rings. The van der Waals surface area contributed by atoms with Crippen LogP contribution in [0.25, 0.3) is 10.2 Å². The van der Waals surface area contributed by atoms with Gasteiger partial charge in [0, 0.05) is 18.9 Å². The maximum absolute atomic E-state index is 14.1. The fraction of sp³-hybridized carbons (Fsp3) is 0.200. The number of imide groups is 1. The molecule has 148 valence electrons. The number of hydrogen-bond donors (Lipinski definition) is 0. The zero-order chi connectivity index (χ0) is 20.5. The smallest absolute Gasteiger partial charge is 0.249 e. The highest BCUT2D eigenvalue weighted by Crippen LogP contribution is 2.32. The molecule has 29 heavy (non-hydrogen) atoms. The Hall–Kier alpha value is -3.20. The number of rotatable bonds is 5. The van der Waals surface area contributed by atoms with E-state index in [4.69, 9.17) is 0 Å². The Balaban J connectivity index is 1.70. The summed E-state index contributed by atoms with van der Waals surface area (Å²) in [6.07, 6.45) is 0.160. The molecule has 0 unspecified atom stereocenters. The van der Waals surface area contributed by atoms with E-state index in [0.29, 0.717) is 0 Å². The average molecular weight is 415 g/mol. The predicted octanol–water partition coefficient (Wildman–Crippen LogP) is 3.26. The number of likely N-dealkylation sites (tertiary alicyclic amines) is 1. The number of hydrogen-bond acceptors (Lipinski definition) is 5. The quantitative estimate of drug-likeness (QED) is 0.600. The molecule has 1 aliphatic rings. The van der Waals surface area contributed by atoms with E-state index >= 15 is 0 Å². The molecule has 0 saturated carbocycles. The number of halogens is 2. The first-order chi connectivity index (χ1) is 13.9. The van der Waals surface area contributed by atoms with Crippen molar-refractivity contribution >= 4 is 44.4 Å². The zero-order valence-corrected chi connectivity index (χ0v) is 15.9. The van der Waals surface area contributed by atoms with Gasteiger partial charge >= 0.3 is 0 Å². The molecule has 4 rings (SSSR count). The van der Waals surface area contributed by atoms with Gasteiger partial charge in [-0.3, -0.25) is 24.2 Å². The number of thiazole rings is 1. The molecule has 9 heteroatoms. The summed E-state index contributed by atoms with van der Waals surface area (Å²) < 4.78 is 27.9. The normalized spacial score (nSPS) is 14.1. The molecule has 0 aliphatic carbocycles. The summed E-state index contributed by atoms with van der Waals surface area (Å²) in [6, 6.07) is 10.9. The molecule has 2 heterocycles. The van der Waals surface area contributed by atoms with Crippen LogP contribution in [0.3, 0.4) is 0 Å². The first kappa shape index (κ1) is 19.1. The first-order valence-electron chi connectivity index (χ1n) is 8.85. The van der Waals surface area contributed by atoms with E-state index in [2.05, 4.69) is 4.98 Å². The molecule has 0 radical (unpaired) electrons. The molecule has 3 amide bonds. The number of carbonyl (C=O) groups is 3. The van der Waals surface area contributed by atoms with Crippen molar-refractivity contribution in [1.82, 2.24) is 9.88 Å². The van der Waals surface area contributed by atoms with Gasteiger partial charge < -0.3 is 0 Å².